The molecule has 0 aliphatic carbocycles. The summed E-state index contributed by atoms with van der Waals surface area (Å²) in [5.74, 6) is 0.802. The van der Waals surface area contributed by atoms with Crippen molar-refractivity contribution in [1.29, 1.82) is 0 Å². The van der Waals surface area contributed by atoms with E-state index in [1.54, 1.807) is 12.3 Å². The number of nitrogens with one attached hydrogen (secondary N) is 1. The zero-order valence-electron chi connectivity index (χ0n) is 10.5. The minimum atomic E-state index is -0.134. The van der Waals surface area contributed by atoms with Gasteiger partial charge in [0.15, 0.2) is 0 Å². The fourth-order valence-corrected chi connectivity index (χ4v) is 2.02. The van der Waals surface area contributed by atoms with E-state index in [0.717, 1.165) is 24.3 Å². The molecule has 1 heterocycles. The highest BCUT2D eigenvalue weighted by atomic mass is 19.1. The molecule has 96 valence electrons. The third kappa shape index (κ3) is 3.20. The zero-order valence-corrected chi connectivity index (χ0v) is 10.5. The van der Waals surface area contributed by atoms with E-state index < -0.39 is 0 Å². The maximum atomic E-state index is 13.4. The fraction of sp³-hybridized carbons (Fsp3) is 0.333. The molecule has 0 spiro atoms. The summed E-state index contributed by atoms with van der Waals surface area (Å²) in [5, 5.41) is 3.39. The van der Waals surface area contributed by atoms with Crippen molar-refractivity contribution >= 4 is 0 Å². The van der Waals surface area contributed by atoms with E-state index in [2.05, 4.69) is 12.2 Å². The van der Waals surface area contributed by atoms with Gasteiger partial charge in [-0.3, -0.25) is 0 Å². The van der Waals surface area contributed by atoms with Crippen molar-refractivity contribution in [2.75, 3.05) is 6.54 Å². The highest BCUT2D eigenvalue weighted by Gasteiger charge is 2.11. The van der Waals surface area contributed by atoms with Crippen molar-refractivity contribution in [2.24, 2.45) is 0 Å². The Kier molecular flexibility index (Phi) is 4.53. The van der Waals surface area contributed by atoms with Crippen molar-refractivity contribution in [3.8, 4) is 0 Å². The number of benzene rings is 1. The van der Waals surface area contributed by atoms with E-state index in [-0.39, 0.29) is 11.9 Å². The van der Waals surface area contributed by atoms with Gasteiger partial charge in [-0.05, 0) is 43.1 Å². The molecular formula is C15H18FNO. The first kappa shape index (κ1) is 12.8. The Morgan fingerprint density at radius 2 is 2.06 bits per heavy atom. The molecule has 0 aliphatic heterocycles. The number of hydrogen-bond donors (Lipinski definition) is 1. The minimum Gasteiger partial charge on any atom is -0.468 e. The SMILES string of the molecule is CCC(NCCc1ccccc1F)c1ccco1. The maximum Gasteiger partial charge on any atom is 0.126 e. The first-order chi connectivity index (χ1) is 8.81. The number of halogens is 1. The van der Waals surface area contributed by atoms with E-state index in [1.165, 1.54) is 6.07 Å². The van der Waals surface area contributed by atoms with Gasteiger partial charge in [-0.25, -0.2) is 4.39 Å². The van der Waals surface area contributed by atoms with Crippen LogP contribution in [0.3, 0.4) is 0 Å². The quantitative estimate of drug-likeness (QED) is 0.842. The van der Waals surface area contributed by atoms with E-state index in [9.17, 15) is 4.39 Å². The second kappa shape index (κ2) is 6.36. The van der Waals surface area contributed by atoms with Crippen molar-refractivity contribution in [1.82, 2.24) is 5.32 Å². The van der Waals surface area contributed by atoms with Gasteiger partial charge in [-0.1, -0.05) is 25.1 Å². The van der Waals surface area contributed by atoms with E-state index in [1.807, 2.05) is 24.3 Å². The van der Waals surface area contributed by atoms with Gasteiger partial charge in [0.05, 0.1) is 12.3 Å². The molecular weight excluding hydrogens is 229 g/mol. The molecule has 0 saturated carbocycles. The Bertz CT molecular complexity index is 467. The van der Waals surface area contributed by atoms with Gasteiger partial charge >= 0.3 is 0 Å². The summed E-state index contributed by atoms with van der Waals surface area (Å²) in [6.45, 7) is 2.84. The molecule has 1 unspecified atom stereocenters. The van der Waals surface area contributed by atoms with Crippen molar-refractivity contribution in [3.05, 3.63) is 59.8 Å². The summed E-state index contributed by atoms with van der Waals surface area (Å²) >= 11 is 0. The Morgan fingerprint density at radius 1 is 1.22 bits per heavy atom. The molecule has 2 nitrogen and oxygen atoms in total. The summed E-state index contributed by atoms with van der Waals surface area (Å²) in [7, 11) is 0. The van der Waals surface area contributed by atoms with Crippen LogP contribution in [0.15, 0.2) is 47.1 Å². The molecule has 0 bridgehead atoms. The summed E-state index contributed by atoms with van der Waals surface area (Å²) in [6, 6.07) is 10.9. The predicted molar refractivity (Wildman–Crippen MR) is 69.8 cm³/mol. The van der Waals surface area contributed by atoms with Crippen LogP contribution in [-0.4, -0.2) is 6.54 Å². The van der Waals surface area contributed by atoms with Crippen molar-refractivity contribution < 1.29 is 8.81 Å². The van der Waals surface area contributed by atoms with Crippen LogP contribution in [0.5, 0.6) is 0 Å². The normalized spacial score (nSPS) is 12.6. The summed E-state index contributed by atoms with van der Waals surface area (Å²) in [4.78, 5) is 0. The first-order valence-electron chi connectivity index (χ1n) is 6.31. The second-order valence-electron chi connectivity index (χ2n) is 4.27. The van der Waals surface area contributed by atoms with Crippen LogP contribution in [0.4, 0.5) is 4.39 Å². The molecule has 0 saturated heterocycles. The highest BCUT2D eigenvalue weighted by molar-refractivity contribution is 5.17. The van der Waals surface area contributed by atoms with Crippen LogP contribution in [0.25, 0.3) is 0 Å². The molecule has 0 fully saturated rings. The molecule has 2 aromatic rings. The van der Waals surface area contributed by atoms with E-state index >= 15 is 0 Å². The standard InChI is InChI=1S/C15H18FNO/c1-2-14(15-8-5-11-18-15)17-10-9-12-6-3-4-7-13(12)16/h3-8,11,14,17H,2,9-10H2,1H3. The van der Waals surface area contributed by atoms with Crippen LogP contribution >= 0.6 is 0 Å². The Labute approximate surface area is 107 Å². The van der Waals surface area contributed by atoms with Gasteiger partial charge in [0, 0.05) is 0 Å². The Balaban J connectivity index is 1.86. The average Bonchev–Trinajstić information content (AvgIpc) is 2.90. The van der Waals surface area contributed by atoms with Crippen LogP contribution in [-0.2, 0) is 6.42 Å². The lowest BCUT2D eigenvalue weighted by Crippen LogP contribution is -2.23. The molecule has 2 rings (SSSR count). The largest absolute Gasteiger partial charge is 0.468 e. The third-order valence-corrected chi connectivity index (χ3v) is 3.04. The lowest BCUT2D eigenvalue weighted by molar-refractivity contribution is 0.405. The van der Waals surface area contributed by atoms with Crippen molar-refractivity contribution in [2.45, 2.75) is 25.8 Å². The van der Waals surface area contributed by atoms with Gasteiger partial charge in [0.25, 0.3) is 0 Å². The lowest BCUT2D eigenvalue weighted by atomic mass is 10.1. The summed E-state index contributed by atoms with van der Waals surface area (Å²) < 4.78 is 18.8. The van der Waals surface area contributed by atoms with Gasteiger partial charge in [-0.2, -0.15) is 0 Å². The molecule has 1 aromatic heterocycles. The molecule has 3 heteroatoms. The maximum absolute atomic E-state index is 13.4. The zero-order chi connectivity index (χ0) is 12.8. The molecule has 0 aliphatic rings. The molecule has 0 amide bonds. The highest BCUT2D eigenvalue weighted by Crippen LogP contribution is 2.16. The Morgan fingerprint density at radius 3 is 2.72 bits per heavy atom. The number of rotatable bonds is 6. The molecule has 1 N–H and O–H groups in total. The van der Waals surface area contributed by atoms with Crippen LogP contribution in [0, 0.1) is 5.82 Å². The van der Waals surface area contributed by atoms with Gasteiger partial charge < -0.3 is 9.73 Å². The lowest BCUT2D eigenvalue weighted by Gasteiger charge is -2.14. The summed E-state index contributed by atoms with van der Waals surface area (Å²) in [6.07, 6.45) is 3.31. The minimum absolute atomic E-state index is 0.134. The molecule has 1 atom stereocenters. The average molecular weight is 247 g/mol. The topological polar surface area (TPSA) is 25.2 Å². The number of furan rings is 1. The van der Waals surface area contributed by atoms with Gasteiger partial charge in [-0.15, -0.1) is 0 Å². The van der Waals surface area contributed by atoms with Gasteiger partial charge in [0.1, 0.15) is 11.6 Å². The third-order valence-electron chi connectivity index (χ3n) is 3.04. The Hall–Kier alpha value is -1.61. The second-order valence-corrected chi connectivity index (χ2v) is 4.27. The van der Waals surface area contributed by atoms with Crippen LogP contribution in [0.1, 0.15) is 30.7 Å². The van der Waals surface area contributed by atoms with Crippen LogP contribution < -0.4 is 5.32 Å². The number of hydrogen-bond acceptors (Lipinski definition) is 2. The van der Waals surface area contributed by atoms with Crippen molar-refractivity contribution in [3.63, 3.8) is 0 Å². The predicted octanol–water partition coefficient (Wildman–Crippen LogP) is 3.70. The molecule has 18 heavy (non-hydrogen) atoms. The monoisotopic (exact) mass is 247 g/mol. The first-order valence-corrected chi connectivity index (χ1v) is 6.31. The smallest absolute Gasteiger partial charge is 0.126 e. The van der Waals surface area contributed by atoms with E-state index in [0.29, 0.717) is 6.42 Å². The molecule has 1 aromatic carbocycles. The van der Waals surface area contributed by atoms with Gasteiger partial charge in [0.2, 0.25) is 0 Å². The van der Waals surface area contributed by atoms with Crippen LogP contribution in [0.2, 0.25) is 0 Å². The van der Waals surface area contributed by atoms with E-state index in [4.69, 9.17) is 4.42 Å². The molecule has 0 radical (unpaired) electrons. The summed E-state index contributed by atoms with van der Waals surface area (Å²) in [5.41, 5.74) is 0.749. The fourth-order valence-electron chi connectivity index (χ4n) is 2.02.